The molecular weight excluding hydrogens is 212 g/mol. The van der Waals surface area contributed by atoms with Gasteiger partial charge in [-0.15, -0.1) is 0 Å². The summed E-state index contributed by atoms with van der Waals surface area (Å²) in [5, 5.41) is 0. The molecule has 5 nitrogen and oxygen atoms in total. The zero-order valence-corrected chi connectivity index (χ0v) is 7.85. The van der Waals surface area contributed by atoms with E-state index in [1.165, 1.54) is 18.4 Å². The summed E-state index contributed by atoms with van der Waals surface area (Å²) in [4.78, 5) is 34.2. The van der Waals surface area contributed by atoms with Gasteiger partial charge in [-0.1, -0.05) is 0 Å². The molecule has 0 spiro atoms. The first-order valence-corrected chi connectivity index (χ1v) is 4.49. The molecule has 2 aromatic heterocycles. The summed E-state index contributed by atoms with van der Waals surface area (Å²) in [6.07, 6.45) is 1.28. The van der Waals surface area contributed by atoms with E-state index in [9.17, 15) is 14.4 Å². The number of Topliss-reactive ketones (excluding diaryl/α,β-unsaturated/α-hetero) is 2. The summed E-state index contributed by atoms with van der Waals surface area (Å²) in [7, 11) is 0. The SMILES string of the molecule is O=C1C(=O)c2occc2-c2oc(=O)ccc21. The topological polar surface area (TPSA) is 77.5 Å². The summed E-state index contributed by atoms with van der Waals surface area (Å²) in [6, 6.07) is 3.88. The van der Waals surface area contributed by atoms with E-state index in [1.807, 2.05) is 0 Å². The van der Waals surface area contributed by atoms with E-state index in [0.717, 1.165) is 6.07 Å². The van der Waals surface area contributed by atoms with Crippen LogP contribution in [0, 0.1) is 0 Å². The maximum absolute atomic E-state index is 11.6. The first kappa shape index (κ1) is 8.84. The van der Waals surface area contributed by atoms with Gasteiger partial charge in [-0.2, -0.15) is 0 Å². The fraction of sp³-hybridized carbons (Fsp3) is 0. The van der Waals surface area contributed by atoms with Gasteiger partial charge in [0.05, 0.1) is 17.4 Å². The Hall–Kier alpha value is -2.43. The van der Waals surface area contributed by atoms with Gasteiger partial charge in [-0.05, 0) is 12.1 Å². The third-order valence-corrected chi connectivity index (χ3v) is 2.40. The average Bonchev–Trinajstić information content (AvgIpc) is 2.75. The third-order valence-electron chi connectivity index (χ3n) is 2.40. The second-order valence-corrected chi connectivity index (χ2v) is 3.32. The van der Waals surface area contributed by atoms with Crippen molar-refractivity contribution in [3.63, 3.8) is 0 Å². The lowest BCUT2D eigenvalue weighted by Crippen LogP contribution is -2.21. The van der Waals surface area contributed by atoms with Gasteiger partial charge in [0.15, 0.2) is 11.5 Å². The van der Waals surface area contributed by atoms with Crippen LogP contribution in [0.4, 0.5) is 0 Å². The molecule has 3 rings (SSSR count). The van der Waals surface area contributed by atoms with Gasteiger partial charge in [0.25, 0.3) is 5.78 Å². The molecule has 0 bridgehead atoms. The van der Waals surface area contributed by atoms with Crippen LogP contribution in [0.2, 0.25) is 0 Å². The molecule has 0 aliphatic heterocycles. The maximum atomic E-state index is 11.6. The van der Waals surface area contributed by atoms with E-state index in [4.69, 9.17) is 8.83 Å². The minimum Gasteiger partial charge on any atom is -0.460 e. The summed E-state index contributed by atoms with van der Waals surface area (Å²) in [5.74, 6) is -1.42. The molecule has 0 aromatic carbocycles. The van der Waals surface area contributed by atoms with Crippen LogP contribution in [0.3, 0.4) is 0 Å². The highest BCUT2D eigenvalue weighted by atomic mass is 16.4. The minimum atomic E-state index is -0.721. The predicted molar refractivity (Wildman–Crippen MR) is 51.3 cm³/mol. The Kier molecular flexibility index (Phi) is 1.54. The van der Waals surface area contributed by atoms with E-state index in [-0.39, 0.29) is 17.1 Å². The van der Waals surface area contributed by atoms with Crippen LogP contribution in [0.5, 0.6) is 0 Å². The predicted octanol–water partition coefficient (Wildman–Crippen LogP) is 1.28. The van der Waals surface area contributed by atoms with Crippen LogP contribution in [-0.4, -0.2) is 11.6 Å². The summed E-state index contributed by atoms with van der Waals surface area (Å²) in [5.41, 5.74) is -0.135. The van der Waals surface area contributed by atoms with Gasteiger partial charge in [0.1, 0.15) is 0 Å². The third kappa shape index (κ3) is 0.967. The number of hydrogen-bond donors (Lipinski definition) is 0. The molecule has 2 aromatic rings. The number of ketones is 2. The highest BCUT2D eigenvalue weighted by molar-refractivity contribution is 6.52. The molecule has 2 heterocycles. The van der Waals surface area contributed by atoms with E-state index in [1.54, 1.807) is 0 Å². The maximum Gasteiger partial charge on any atom is 0.336 e. The largest absolute Gasteiger partial charge is 0.460 e. The fourth-order valence-electron chi connectivity index (χ4n) is 1.68. The molecule has 0 N–H and O–H groups in total. The van der Waals surface area contributed by atoms with Gasteiger partial charge in [0, 0.05) is 6.07 Å². The van der Waals surface area contributed by atoms with Crippen molar-refractivity contribution in [1.82, 2.24) is 0 Å². The van der Waals surface area contributed by atoms with Gasteiger partial charge in [-0.3, -0.25) is 9.59 Å². The Balaban J connectivity index is 2.45. The molecule has 0 saturated carbocycles. The van der Waals surface area contributed by atoms with E-state index in [0.29, 0.717) is 5.56 Å². The summed E-state index contributed by atoms with van der Waals surface area (Å²) >= 11 is 0. The van der Waals surface area contributed by atoms with Gasteiger partial charge in [0.2, 0.25) is 5.78 Å². The molecule has 1 aliphatic rings. The van der Waals surface area contributed by atoms with Crippen molar-refractivity contribution in [3.05, 3.63) is 46.2 Å². The number of carbonyl (C=O) groups excluding carboxylic acids is 2. The van der Waals surface area contributed by atoms with Crippen LogP contribution in [-0.2, 0) is 0 Å². The molecule has 0 radical (unpaired) electrons. The van der Waals surface area contributed by atoms with Gasteiger partial charge < -0.3 is 8.83 Å². The Morgan fingerprint density at radius 3 is 2.44 bits per heavy atom. The Morgan fingerprint density at radius 2 is 1.62 bits per heavy atom. The van der Waals surface area contributed by atoms with Crippen molar-refractivity contribution in [2.45, 2.75) is 0 Å². The van der Waals surface area contributed by atoms with Crippen LogP contribution in [0.15, 0.2) is 38.1 Å². The smallest absolute Gasteiger partial charge is 0.336 e. The highest BCUT2D eigenvalue weighted by Crippen LogP contribution is 2.32. The van der Waals surface area contributed by atoms with Gasteiger partial charge in [-0.25, -0.2) is 4.79 Å². The molecule has 0 fully saturated rings. The Bertz CT molecular complexity index is 674. The van der Waals surface area contributed by atoms with Crippen molar-refractivity contribution < 1.29 is 18.4 Å². The molecule has 0 saturated heterocycles. The number of hydrogen-bond acceptors (Lipinski definition) is 5. The standard InChI is InChI=1S/C11H4O5/c12-7-2-1-5-8(13)9(14)11-6(3-4-15-11)10(5)16-7/h1-4H. The Morgan fingerprint density at radius 1 is 0.812 bits per heavy atom. The molecular formula is C11H4O5. The van der Waals surface area contributed by atoms with Crippen molar-refractivity contribution in [1.29, 1.82) is 0 Å². The zero-order valence-electron chi connectivity index (χ0n) is 7.85. The van der Waals surface area contributed by atoms with Crippen molar-refractivity contribution in [2.24, 2.45) is 0 Å². The molecule has 78 valence electrons. The van der Waals surface area contributed by atoms with Crippen LogP contribution in [0.1, 0.15) is 20.9 Å². The molecule has 0 amide bonds. The van der Waals surface area contributed by atoms with Crippen molar-refractivity contribution >= 4 is 11.6 Å². The Labute approximate surface area is 88.3 Å². The molecule has 5 heteroatoms. The quantitative estimate of drug-likeness (QED) is 0.620. The summed E-state index contributed by atoms with van der Waals surface area (Å²) in [6.45, 7) is 0. The monoisotopic (exact) mass is 216 g/mol. The lowest BCUT2D eigenvalue weighted by atomic mass is 9.94. The second kappa shape index (κ2) is 2.79. The van der Waals surface area contributed by atoms with E-state index < -0.39 is 17.2 Å². The number of carbonyl (C=O) groups is 2. The number of furan rings is 1. The fourth-order valence-corrected chi connectivity index (χ4v) is 1.68. The second-order valence-electron chi connectivity index (χ2n) is 3.32. The number of rotatable bonds is 0. The number of fused-ring (bicyclic) bond motifs is 3. The van der Waals surface area contributed by atoms with Crippen molar-refractivity contribution in [3.8, 4) is 11.3 Å². The van der Waals surface area contributed by atoms with E-state index in [2.05, 4.69) is 0 Å². The van der Waals surface area contributed by atoms with Gasteiger partial charge >= 0.3 is 5.63 Å². The first-order chi connectivity index (χ1) is 7.68. The van der Waals surface area contributed by atoms with E-state index >= 15 is 0 Å². The zero-order chi connectivity index (χ0) is 11.3. The van der Waals surface area contributed by atoms with Crippen LogP contribution < -0.4 is 5.63 Å². The lowest BCUT2D eigenvalue weighted by molar-refractivity contribution is 0.0797. The molecule has 0 atom stereocenters. The first-order valence-electron chi connectivity index (χ1n) is 4.49. The normalized spacial score (nSPS) is 13.5. The molecule has 16 heavy (non-hydrogen) atoms. The average molecular weight is 216 g/mol. The van der Waals surface area contributed by atoms with Crippen LogP contribution >= 0.6 is 0 Å². The highest BCUT2D eigenvalue weighted by Gasteiger charge is 2.34. The van der Waals surface area contributed by atoms with Crippen LogP contribution in [0.25, 0.3) is 11.3 Å². The molecule has 0 unspecified atom stereocenters. The van der Waals surface area contributed by atoms with Crippen molar-refractivity contribution in [2.75, 3.05) is 0 Å². The minimum absolute atomic E-state index is 0.0770. The molecule has 1 aliphatic carbocycles. The summed E-state index contributed by atoms with van der Waals surface area (Å²) < 4.78 is 9.82. The lowest BCUT2D eigenvalue weighted by Gasteiger charge is -2.10.